The molecule has 1 N–H and O–H groups in total. The van der Waals surface area contributed by atoms with Gasteiger partial charge in [-0.15, -0.1) is 11.8 Å². The van der Waals surface area contributed by atoms with Crippen LogP contribution in [0.3, 0.4) is 0 Å². The largest absolute Gasteiger partial charge is 0.486 e. The molecule has 0 spiro atoms. The Hall–Kier alpha value is -1.66. The molecule has 2 aromatic carbocycles. The summed E-state index contributed by atoms with van der Waals surface area (Å²) in [4.78, 5) is 13.3. The number of hydrogen-bond donors (Lipinski definition) is 1. The van der Waals surface area contributed by atoms with Crippen molar-refractivity contribution in [2.45, 2.75) is 17.1 Å². The van der Waals surface area contributed by atoms with Gasteiger partial charge < -0.3 is 14.8 Å². The smallest absolute Gasteiger partial charge is 0.237 e. The standard InChI is InChI=1S/C17H16BrNO3S/c1-11(17(20)19-13-4-2-3-12(18)9-13)23-14-5-6-15-16(10-14)22-8-7-21-15/h2-6,9-11H,7-8H2,1H3,(H,19,20). The maximum absolute atomic E-state index is 12.3. The topological polar surface area (TPSA) is 47.6 Å². The van der Waals surface area contributed by atoms with E-state index in [-0.39, 0.29) is 11.2 Å². The zero-order valence-electron chi connectivity index (χ0n) is 12.5. The van der Waals surface area contributed by atoms with Crippen LogP contribution in [0.15, 0.2) is 51.8 Å². The molecule has 4 nitrogen and oxygen atoms in total. The third-order valence-corrected chi connectivity index (χ3v) is 4.87. The molecule has 0 saturated carbocycles. The maximum atomic E-state index is 12.3. The Morgan fingerprint density at radius 2 is 1.96 bits per heavy atom. The monoisotopic (exact) mass is 393 g/mol. The molecule has 120 valence electrons. The summed E-state index contributed by atoms with van der Waals surface area (Å²) in [5.74, 6) is 1.45. The molecule has 0 aromatic heterocycles. The number of rotatable bonds is 4. The van der Waals surface area contributed by atoms with Crippen molar-refractivity contribution >= 4 is 39.3 Å². The molecule has 0 aliphatic carbocycles. The first-order valence-electron chi connectivity index (χ1n) is 7.24. The number of fused-ring (bicyclic) bond motifs is 1. The second-order valence-corrected chi connectivity index (χ2v) is 7.40. The molecule has 0 radical (unpaired) electrons. The van der Waals surface area contributed by atoms with Crippen molar-refractivity contribution < 1.29 is 14.3 Å². The molecule has 1 aliphatic heterocycles. The number of carbonyl (C=O) groups is 1. The van der Waals surface area contributed by atoms with E-state index in [1.54, 1.807) is 0 Å². The molecular weight excluding hydrogens is 378 g/mol. The van der Waals surface area contributed by atoms with Crippen molar-refractivity contribution in [1.82, 2.24) is 0 Å². The van der Waals surface area contributed by atoms with E-state index in [1.165, 1.54) is 11.8 Å². The highest BCUT2D eigenvalue weighted by Crippen LogP contribution is 2.35. The first-order valence-corrected chi connectivity index (χ1v) is 8.92. The van der Waals surface area contributed by atoms with Crippen molar-refractivity contribution in [1.29, 1.82) is 0 Å². The van der Waals surface area contributed by atoms with E-state index in [0.29, 0.717) is 13.2 Å². The SMILES string of the molecule is CC(Sc1ccc2c(c1)OCCO2)C(=O)Nc1cccc(Br)c1. The van der Waals surface area contributed by atoms with E-state index in [9.17, 15) is 4.79 Å². The van der Waals surface area contributed by atoms with Crippen LogP contribution in [-0.4, -0.2) is 24.4 Å². The van der Waals surface area contributed by atoms with E-state index < -0.39 is 0 Å². The summed E-state index contributed by atoms with van der Waals surface area (Å²) in [6.45, 7) is 3.01. The number of carbonyl (C=O) groups excluding carboxylic acids is 1. The molecule has 0 saturated heterocycles. The predicted octanol–water partition coefficient (Wildman–Crippen LogP) is 4.34. The molecule has 23 heavy (non-hydrogen) atoms. The van der Waals surface area contributed by atoms with Crippen molar-refractivity contribution in [3.8, 4) is 11.5 Å². The van der Waals surface area contributed by atoms with E-state index in [1.807, 2.05) is 49.4 Å². The van der Waals surface area contributed by atoms with Crippen LogP contribution in [0.2, 0.25) is 0 Å². The van der Waals surface area contributed by atoms with Gasteiger partial charge in [0.05, 0.1) is 5.25 Å². The van der Waals surface area contributed by atoms with Gasteiger partial charge in [-0.25, -0.2) is 0 Å². The fraction of sp³-hybridized carbons (Fsp3) is 0.235. The second-order valence-electron chi connectivity index (χ2n) is 5.07. The Bertz CT molecular complexity index is 723. The molecule has 1 aliphatic rings. The summed E-state index contributed by atoms with van der Waals surface area (Å²) in [6, 6.07) is 13.3. The van der Waals surface area contributed by atoms with Crippen LogP contribution in [0.4, 0.5) is 5.69 Å². The predicted molar refractivity (Wildman–Crippen MR) is 95.5 cm³/mol. The van der Waals surface area contributed by atoms with Gasteiger partial charge in [0.1, 0.15) is 13.2 Å². The van der Waals surface area contributed by atoms with Crippen molar-refractivity contribution in [2.24, 2.45) is 0 Å². The molecule has 0 bridgehead atoms. The summed E-state index contributed by atoms with van der Waals surface area (Å²) in [6.07, 6.45) is 0. The van der Waals surface area contributed by atoms with Gasteiger partial charge in [0.25, 0.3) is 0 Å². The minimum Gasteiger partial charge on any atom is -0.486 e. The third kappa shape index (κ3) is 4.20. The van der Waals surface area contributed by atoms with Crippen LogP contribution in [0.25, 0.3) is 0 Å². The van der Waals surface area contributed by atoms with Gasteiger partial charge in [-0.05, 0) is 43.3 Å². The number of thioether (sulfide) groups is 1. The minimum atomic E-state index is -0.225. The summed E-state index contributed by atoms with van der Waals surface area (Å²) >= 11 is 4.88. The average Bonchev–Trinajstić information content (AvgIpc) is 2.54. The highest BCUT2D eigenvalue weighted by Gasteiger charge is 2.17. The number of amides is 1. The Morgan fingerprint density at radius 1 is 1.17 bits per heavy atom. The van der Waals surface area contributed by atoms with E-state index >= 15 is 0 Å². The molecule has 1 atom stereocenters. The Kier molecular flexibility index (Phi) is 5.13. The zero-order chi connectivity index (χ0) is 16.2. The lowest BCUT2D eigenvalue weighted by Gasteiger charge is -2.19. The number of benzene rings is 2. The summed E-state index contributed by atoms with van der Waals surface area (Å²) in [5.41, 5.74) is 0.777. The van der Waals surface area contributed by atoms with Crippen LogP contribution in [-0.2, 0) is 4.79 Å². The quantitative estimate of drug-likeness (QED) is 0.784. The molecule has 6 heteroatoms. The lowest BCUT2D eigenvalue weighted by atomic mass is 10.3. The third-order valence-electron chi connectivity index (χ3n) is 3.29. The lowest BCUT2D eigenvalue weighted by molar-refractivity contribution is -0.115. The van der Waals surface area contributed by atoms with Gasteiger partial charge in [0.2, 0.25) is 5.91 Å². The first kappa shape index (κ1) is 16.2. The molecule has 1 unspecified atom stereocenters. The number of ether oxygens (including phenoxy) is 2. The van der Waals surface area contributed by atoms with Crippen LogP contribution < -0.4 is 14.8 Å². The lowest BCUT2D eigenvalue weighted by Crippen LogP contribution is -2.22. The average molecular weight is 394 g/mol. The highest BCUT2D eigenvalue weighted by atomic mass is 79.9. The van der Waals surface area contributed by atoms with Gasteiger partial charge in [0.15, 0.2) is 11.5 Å². The van der Waals surface area contributed by atoms with Gasteiger partial charge in [-0.1, -0.05) is 22.0 Å². The van der Waals surface area contributed by atoms with Crippen LogP contribution in [0.1, 0.15) is 6.92 Å². The van der Waals surface area contributed by atoms with Crippen molar-refractivity contribution in [3.63, 3.8) is 0 Å². The fourth-order valence-corrected chi connectivity index (χ4v) is 3.46. The van der Waals surface area contributed by atoms with Gasteiger partial charge in [-0.2, -0.15) is 0 Å². The van der Waals surface area contributed by atoms with E-state index in [2.05, 4.69) is 21.2 Å². The zero-order valence-corrected chi connectivity index (χ0v) is 14.9. The Labute approximate surface area is 147 Å². The summed E-state index contributed by atoms with van der Waals surface area (Å²) in [7, 11) is 0. The fourth-order valence-electron chi connectivity index (χ4n) is 2.16. The molecule has 1 amide bonds. The number of halogens is 1. The van der Waals surface area contributed by atoms with Crippen LogP contribution >= 0.6 is 27.7 Å². The van der Waals surface area contributed by atoms with Crippen LogP contribution in [0.5, 0.6) is 11.5 Å². The number of anilines is 1. The number of hydrogen-bond acceptors (Lipinski definition) is 4. The second kappa shape index (κ2) is 7.27. The van der Waals surface area contributed by atoms with E-state index in [4.69, 9.17) is 9.47 Å². The Morgan fingerprint density at radius 3 is 2.74 bits per heavy atom. The van der Waals surface area contributed by atoms with Crippen molar-refractivity contribution in [2.75, 3.05) is 18.5 Å². The molecule has 2 aromatic rings. The molecule has 1 heterocycles. The van der Waals surface area contributed by atoms with Gasteiger partial charge in [-0.3, -0.25) is 4.79 Å². The first-order chi connectivity index (χ1) is 11.1. The normalized spacial score (nSPS) is 14.2. The summed E-state index contributed by atoms with van der Waals surface area (Å²) < 4.78 is 12.0. The number of nitrogens with one attached hydrogen (secondary N) is 1. The summed E-state index contributed by atoms with van der Waals surface area (Å²) in [5, 5.41) is 2.69. The van der Waals surface area contributed by atoms with Gasteiger partial charge >= 0.3 is 0 Å². The maximum Gasteiger partial charge on any atom is 0.237 e. The van der Waals surface area contributed by atoms with Gasteiger partial charge in [0, 0.05) is 15.1 Å². The molecule has 3 rings (SSSR count). The van der Waals surface area contributed by atoms with Crippen LogP contribution in [0, 0.1) is 0 Å². The minimum absolute atomic E-state index is 0.0389. The molecular formula is C17H16BrNO3S. The van der Waals surface area contributed by atoms with E-state index in [0.717, 1.165) is 26.6 Å². The Balaban J connectivity index is 1.64. The van der Waals surface area contributed by atoms with Crippen molar-refractivity contribution in [3.05, 3.63) is 46.9 Å². The highest BCUT2D eigenvalue weighted by molar-refractivity contribution is 9.10. The molecule has 0 fully saturated rings.